The van der Waals surface area contributed by atoms with E-state index in [0.717, 1.165) is 23.0 Å². The zero-order chi connectivity index (χ0) is 19.3. The summed E-state index contributed by atoms with van der Waals surface area (Å²) in [7, 11) is 1.21. The van der Waals surface area contributed by atoms with Crippen molar-refractivity contribution in [2.75, 3.05) is 12.4 Å². The Balaban J connectivity index is 2.02. The van der Waals surface area contributed by atoms with Crippen LogP contribution in [0.4, 0.5) is 24.5 Å². The van der Waals surface area contributed by atoms with Gasteiger partial charge in [-0.25, -0.2) is 4.39 Å². The molecule has 0 aliphatic carbocycles. The van der Waals surface area contributed by atoms with Crippen LogP contribution in [0.5, 0.6) is 11.6 Å². The number of nitrogens with zero attached hydrogens (tertiary/aromatic N) is 3. The molecule has 0 saturated heterocycles. The maximum absolute atomic E-state index is 13.1. The molecule has 0 unspecified atom stereocenters. The Bertz CT molecular complexity index is 812. The van der Waals surface area contributed by atoms with Gasteiger partial charge >= 0.3 is 18.2 Å². The van der Waals surface area contributed by atoms with Crippen molar-refractivity contribution in [1.29, 1.82) is 0 Å². The fraction of sp³-hybridized carbons (Fsp3) is 0.286. The fourth-order valence-corrected chi connectivity index (χ4v) is 2.00. The van der Waals surface area contributed by atoms with E-state index in [2.05, 4.69) is 15.2 Å². The van der Waals surface area contributed by atoms with Crippen LogP contribution in [0.1, 0.15) is 6.42 Å². The van der Waals surface area contributed by atoms with E-state index in [1.54, 1.807) is 0 Å². The Hall–Kier alpha value is -3.31. The van der Waals surface area contributed by atoms with Gasteiger partial charge in [0, 0.05) is 12.5 Å². The molecule has 0 aliphatic heterocycles. The van der Waals surface area contributed by atoms with Crippen LogP contribution in [-0.2, 0) is 11.3 Å². The number of anilines is 1. The number of amides is 1. The third-order valence-electron chi connectivity index (χ3n) is 3.10. The molecule has 2 rings (SSSR count). The van der Waals surface area contributed by atoms with Crippen molar-refractivity contribution in [3.63, 3.8) is 0 Å². The van der Waals surface area contributed by atoms with E-state index < -0.39 is 29.0 Å². The lowest BCUT2D eigenvalue weighted by Crippen LogP contribution is -2.16. The van der Waals surface area contributed by atoms with E-state index in [9.17, 15) is 28.1 Å². The summed E-state index contributed by atoms with van der Waals surface area (Å²) in [6, 6.07) is 2.76. The summed E-state index contributed by atoms with van der Waals surface area (Å²) in [6.07, 6.45) is 0.906. The predicted octanol–water partition coefficient (Wildman–Crippen LogP) is 2.57. The summed E-state index contributed by atoms with van der Waals surface area (Å²) in [5.74, 6) is -2.16. The highest BCUT2D eigenvalue weighted by atomic mass is 19.3. The van der Waals surface area contributed by atoms with Gasteiger partial charge in [0.05, 0.1) is 24.3 Å². The van der Waals surface area contributed by atoms with E-state index >= 15 is 0 Å². The molecule has 1 aromatic heterocycles. The lowest BCUT2D eigenvalue weighted by atomic mass is 10.2. The molecule has 0 atom stereocenters. The quantitative estimate of drug-likeness (QED) is 0.562. The van der Waals surface area contributed by atoms with Crippen molar-refractivity contribution in [2.24, 2.45) is 0 Å². The molecule has 12 heteroatoms. The second-order valence-corrected chi connectivity index (χ2v) is 4.86. The Morgan fingerprint density at radius 3 is 2.77 bits per heavy atom. The number of rotatable bonds is 8. The Kier molecular flexibility index (Phi) is 5.98. The van der Waals surface area contributed by atoms with Crippen LogP contribution >= 0.6 is 0 Å². The van der Waals surface area contributed by atoms with Gasteiger partial charge in [0.2, 0.25) is 5.91 Å². The first kappa shape index (κ1) is 19.0. The number of carbonyl (C=O) groups excluding carboxylic acids is 1. The SMILES string of the molecule is COc1nn(CCC(=O)Nc2ccc(F)cc2OC(F)F)cc1[N+](=O)[O-]. The molecule has 1 aromatic carbocycles. The second kappa shape index (κ2) is 8.18. The molecule has 1 N–H and O–H groups in total. The average Bonchev–Trinajstić information content (AvgIpc) is 2.98. The van der Waals surface area contributed by atoms with E-state index in [4.69, 9.17) is 4.74 Å². The van der Waals surface area contributed by atoms with Crippen LogP contribution < -0.4 is 14.8 Å². The van der Waals surface area contributed by atoms with Gasteiger partial charge in [0.1, 0.15) is 12.0 Å². The zero-order valence-electron chi connectivity index (χ0n) is 13.3. The molecular formula is C14H13F3N4O5. The van der Waals surface area contributed by atoms with Crippen molar-refractivity contribution in [2.45, 2.75) is 19.6 Å². The first-order valence-corrected chi connectivity index (χ1v) is 7.10. The summed E-state index contributed by atoms with van der Waals surface area (Å²) < 4.78 is 47.9. The minimum absolute atomic E-state index is 0.0394. The Labute approximate surface area is 144 Å². The topological polar surface area (TPSA) is 109 Å². The number of halogens is 3. The van der Waals surface area contributed by atoms with E-state index in [1.165, 1.54) is 7.11 Å². The van der Waals surface area contributed by atoms with Gasteiger partial charge in [-0.15, -0.1) is 5.10 Å². The van der Waals surface area contributed by atoms with E-state index in [0.29, 0.717) is 6.07 Å². The molecule has 2 aromatic rings. The minimum atomic E-state index is -3.19. The average molecular weight is 374 g/mol. The fourth-order valence-electron chi connectivity index (χ4n) is 2.00. The molecule has 0 aliphatic rings. The van der Waals surface area contributed by atoms with Crippen molar-refractivity contribution in [3.05, 3.63) is 40.3 Å². The van der Waals surface area contributed by atoms with Crippen molar-refractivity contribution in [1.82, 2.24) is 9.78 Å². The van der Waals surface area contributed by atoms with Gasteiger partial charge in [-0.2, -0.15) is 8.78 Å². The monoisotopic (exact) mass is 374 g/mol. The maximum Gasteiger partial charge on any atom is 0.387 e. The van der Waals surface area contributed by atoms with Crippen LogP contribution in [0.3, 0.4) is 0 Å². The second-order valence-electron chi connectivity index (χ2n) is 4.86. The molecule has 0 fully saturated rings. The van der Waals surface area contributed by atoms with Crippen molar-refractivity contribution in [3.8, 4) is 11.6 Å². The molecular weight excluding hydrogens is 361 g/mol. The van der Waals surface area contributed by atoms with Gasteiger partial charge in [-0.05, 0) is 12.1 Å². The van der Waals surface area contributed by atoms with Gasteiger partial charge in [0.15, 0.2) is 5.75 Å². The minimum Gasteiger partial charge on any atom is -0.475 e. The molecule has 0 bridgehead atoms. The number of aromatic nitrogens is 2. The summed E-state index contributed by atoms with van der Waals surface area (Å²) in [6.45, 7) is -3.23. The van der Waals surface area contributed by atoms with Crippen LogP contribution in [0.15, 0.2) is 24.4 Å². The highest BCUT2D eigenvalue weighted by Gasteiger charge is 2.20. The molecule has 0 spiro atoms. The highest BCUT2D eigenvalue weighted by molar-refractivity contribution is 5.92. The van der Waals surface area contributed by atoms with Gasteiger partial charge in [-0.3, -0.25) is 19.6 Å². The number of nitrogens with one attached hydrogen (secondary N) is 1. The molecule has 0 radical (unpaired) electrons. The molecule has 26 heavy (non-hydrogen) atoms. The van der Waals surface area contributed by atoms with Crippen LogP contribution in [0.2, 0.25) is 0 Å². The standard InChI is InChI=1S/C14H13F3N4O5/c1-25-13-10(21(23)24)7-20(19-13)5-4-12(22)18-9-3-2-8(15)6-11(9)26-14(16)17/h2-3,6-7,14H,4-5H2,1H3,(H,18,22). The number of benzene rings is 1. The summed E-state index contributed by atoms with van der Waals surface area (Å²) in [5, 5.41) is 16.9. The first-order chi connectivity index (χ1) is 12.3. The molecule has 1 amide bonds. The maximum atomic E-state index is 13.1. The Morgan fingerprint density at radius 2 is 2.19 bits per heavy atom. The van der Waals surface area contributed by atoms with Crippen molar-refractivity contribution < 1.29 is 32.4 Å². The van der Waals surface area contributed by atoms with Crippen LogP contribution in [0, 0.1) is 15.9 Å². The van der Waals surface area contributed by atoms with E-state index in [1.807, 2.05) is 0 Å². The molecule has 0 saturated carbocycles. The summed E-state index contributed by atoms with van der Waals surface area (Å²) in [4.78, 5) is 22.1. The summed E-state index contributed by atoms with van der Waals surface area (Å²) >= 11 is 0. The van der Waals surface area contributed by atoms with Crippen LogP contribution in [-0.4, -0.2) is 34.3 Å². The lowest BCUT2D eigenvalue weighted by molar-refractivity contribution is -0.385. The molecule has 1 heterocycles. The van der Waals surface area contributed by atoms with Gasteiger partial charge < -0.3 is 14.8 Å². The predicted molar refractivity (Wildman–Crippen MR) is 81.7 cm³/mol. The van der Waals surface area contributed by atoms with Gasteiger partial charge in [-0.1, -0.05) is 0 Å². The number of alkyl halides is 2. The number of methoxy groups -OCH3 is 1. The molecule has 140 valence electrons. The zero-order valence-corrected chi connectivity index (χ0v) is 13.3. The Morgan fingerprint density at radius 1 is 1.46 bits per heavy atom. The first-order valence-electron chi connectivity index (χ1n) is 7.10. The van der Waals surface area contributed by atoms with Gasteiger partial charge in [0.25, 0.3) is 0 Å². The van der Waals surface area contributed by atoms with Crippen LogP contribution in [0.25, 0.3) is 0 Å². The summed E-state index contributed by atoms with van der Waals surface area (Å²) in [5.41, 5.74) is -0.500. The number of nitro groups is 1. The number of hydrogen-bond donors (Lipinski definition) is 1. The third-order valence-corrected chi connectivity index (χ3v) is 3.10. The smallest absolute Gasteiger partial charge is 0.387 e. The largest absolute Gasteiger partial charge is 0.475 e. The number of hydrogen-bond acceptors (Lipinski definition) is 6. The molecule has 9 nitrogen and oxygen atoms in total. The van der Waals surface area contributed by atoms with Crippen molar-refractivity contribution >= 4 is 17.3 Å². The number of aryl methyl sites for hydroxylation is 1. The normalized spacial score (nSPS) is 10.7. The van der Waals surface area contributed by atoms with E-state index in [-0.39, 0.29) is 30.2 Å². The number of ether oxygens (including phenoxy) is 2. The number of carbonyl (C=O) groups is 1. The highest BCUT2D eigenvalue weighted by Crippen LogP contribution is 2.27. The third kappa shape index (κ3) is 4.84. The lowest BCUT2D eigenvalue weighted by Gasteiger charge is -2.12.